The molecule has 108 valence electrons. The minimum atomic E-state index is -0.355. The number of aryl methyl sites for hydroxylation is 1. The average Bonchev–Trinajstić information content (AvgIpc) is 2.53. The van der Waals surface area contributed by atoms with Crippen LogP contribution in [-0.2, 0) is 16.1 Å². The van der Waals surface area contributed by atoms with E-state index in [0.29, 0.717) is 0 Å². The van der Waals surface area contributed by atoms with Gasteiger partial charge in [-0.15, -0.1) is 0 Å². The molecule has 2 aromatic carbocycles. The maximum Gasteiger partial charge on any atom is 0.331 e. The Hall–Kier alpha value is -2.55. The van der Waals surface area contributed by atoms with E-state index in [2.05, 4.69) is 0 Å². The lowest BCUT2D eigenvalue weighted by atomic mass is 10.2. The van der Waals surface area contributed by atoms with Gasteiger partial charge in [0.15, 0.2) is 0 Å². The van der Waals surface area contributed by atoms with E-state index in [1.165, 1.54) is 11.6 Å². The van der Waals surface area contributed by atoms with Crippen molar-refractivity contribution in [1.29, 1.82) is 0 Å². The third-order valence-corrected chi connectivity index (χ3v) is 3.03. The Bertz CT molecular complexity index is 610. The molecule has 0 atom stereocenters. The fourth-order valence-electron chi connectivity index (χ4n) is 1.77. The van der Waals surface area contributed by atoms with E-state index in [4.69, 9.17) is 9.47 Å². The number of hydrogen-bond donors (Lipinski definition) is 0. The van der Waals surface area contributed by atoms with Crippen LogP contribution in [0.4, 0.5) is 0 Å². The van der Waals surface area contributed by atoms with Crippen molar-refractivity contribution in [2.45, 2.75) is 13.5 Å². The normalized spacial score (nSPS) is 10.6. The molecule has 0 bridgehead atoms. The lowest BCUT2D eigenvalue weighted by Gasteiger charge is -2.03. The molecule has 2 rings (SSSR count). The number of ether oxygens (including phenoxy) is 2. The minimum absolute atomic E-state index is 0.284. The second-order valence-electron chi connectivity index (χ2n) is 4.70. The van der Waals surface area contributed by atoms with Crippen LogP contribution in [0.25, 0.3) is 6.08 Å². The van der Waals surface area contributed by atoms with Gasteiger partial charge in [-0.3, -0.25) is 0 Å². The van der Waals surface area contributed by atoms with E-state index in [-0.39, 0.29) is 12.6 Å². The summed E-state index contributed by atoms with van der Waals surface area (Å²) in [5.41, 5.74) is 3.08. The highest BCUT2D eigenvalue weighted by atomic mass is 16.5. The molecular weight excluding hydrogens is 264 g/mol. The summed E-state index contributed by atoms with van der Waals surface area (Å²) < 4.78 is 10.3. The van der Waals surface area contributed by atoms with Gasteiger partial charge in [-0.2, -0.15) is 0 Å². The molecule has 0 saturated heterocycles. The Kier molecular flexibility index (Phi) is 5.16. The first kappa shape index (κ1) is 14.9. The number of rotatable bonds is 5. The Morgan fingerprint density at radius 3 is 2.33 bits per heavy atom. The van der Waals surface area contributed by atoms with Gasteiger partial charge in [0.05, 0.1) is 7.11 Å². The Morgan fingerprint density at radius 1 is 1.05 bits per heavy atom. The molecule has 0 radical (unpaired) electrons. The van der Waals surface area contributed by atoms with Crippen LogP contribution in [0.1, 0.15) is 16.7 Å². The van der Waals surface area contributed by atoms with E-state index in [1.807, 2.05) is 55.5 Å². The van der Waals surface area contributed by atoms with Crippen molar-refractivity contribution in [2.75, 3.05) is 7.11 Å². The first-order chi connectivity index (χ1) is 10.2. The van der Waals surface area contributed by atoms with Gasteiger partial charge in [-0.25, -0.2) is 4.79 Å². The van der Waals surface area contributed by atoms with Crippen LogP contribution < -0.4 is 4.74 Å². The molecule has 0 aliphatic rings. The smallest absolute Gasteiger partial charge is 0.331 e. The van der Waals surface area contributed by atoms with Crippen molar-refractivity contribution in [3.63, 3.8) is 0 Å². The maximum atomic E-state index is 11.6. The van der Waals surface area contributed by atoms with Crippen LogP contribution in [0, 0.1) is 6.92 Å². The molecule has 0 N–H and O–H groups in total. The number of esters is 1. The summed E-state index contributed by atoms with van der Waals surface area (Å²) in [6.07, 6.45) is 3.15. The van der Waals surface area contributed by atoms with Gasteiger partial charge in [0.25, 0.3) is 0 Å². The molecule has 0 unspecified atom stereocenters. The zero-order valence-electron chi connectivity index (χ0n) is 12.2. The largest absolute Gasteiger partial charge is 0.497 e. The van der Waals surface area contributed by atoms with E-state index in [9.17, 15) is 4.79 Å². The second-order valence-corrected chi connectivity index (χ2v) is 4.70. The van der Waals surface area contributed by atoms with Crippen LogP contribution in [0.3, 0.4) is 0 Å². The lowest BCUT2D eigenvalue weighted by Crippen LogP contribution is -2.00. The lowest BCUT2D eigenvalue weighted by molar-refractivity contribution is -0.138. The molecule has 0 fully saturated rings. The predicted molar refractivity (Wildman–Crippen MR) is 83.0 cm³/mol. The number of benzene rings is 2. The first-order valence-electron chi connectivity index (χ1n) is 6.72. The van der Waals surface area contributed by atoms with Crippen LogP contribution in [0.15, 0.2) is 54.6 Å². The standard InChI is InChI=1S/C18H18O3/c1-14-3-5-16(6-4-14)13-21-18(19)12-9-15-7-10-17(20-2)11-8-15/h3-12H,13H2,1-2H3/b12-9+. The van der Waals surface area contributed by atoms with Crippen molar-refractivity contribution >= 4 is 12.0 Å². The third kappa shape index (κ3) is 4.80. The highest BCUT2D eigenvalue weighted by molar-refractivity contribution is 5.87. The van der Waals surface area contributed by atoms with Crippen LogP contribution in [-0.4, -0.2) is 13.1 Å². The summed E-state index contributed by atoms with van der Waals surface area (Å²) >= 11 is 0. The summed E-state index contributed by atoms with van der Waals surface area (Å²) in [7, 11) is 1.62. The average molecular weight is 282 g/mol. The van der Waals surface area contributed by atoms with Gasteiger partial charge < -0.3 is 9.47 Å². The second kappa shape index (κ2) is 7.29. The molecule has 0 saturated carbocycles. The molecular formula is C18H18O3. The zero-order chi connectivity index (χ0) is 15.1. The molecule has 0 spiro atoms. The summed E-state index contributed by atoms with van der Waals surface area (Å²) in [5.74, 6) is 0.431. The Balaban J connectivity index is 1.85. The highest BCUT2D eigenvalue weighted by Gasteiger charge is 1.99. The third-order valence-electron chi connectivity index (χ3n) is 3.03. The van der Waals surface area contributed by atoms with Gasteiger partial charge in [0.1, 0.15) is 12.4 Å². The van der Waals surface area contributed by atoms with Gasteiger partial charge in [-0.05, 0) is 36.3 Å². The number of hydrogen-bond acceptors (Lipinski definition) is 3. The van der Waals surface area contributed by atoms with E-state index in [0.717, 1.165) is 16.9 Å². The Morgan fingerprint density at radius 2 is 1.71 bits per heavy atom. The summed E-state index contributed by atoms with van der Waals surface area (Å²) in [4.78, 5) is 11.6. The maximum absolute atomic E-state index is 11.6. The number of methoxy groups -OCH3 is 1. The molecule has 0 amide bonds. The molecule has 3 heteroatoms. The molecule has 0 aliphatic carbocycles. The first-order valence-corrected chi connectivity index (χ1v) is 6.72. The minimum Gasteiger partial charge on any atom is -0.497 e. The SMILES string of the molecule is COc1ccc(/C=C/C(=O)OCc2ccc(C)cc2)cc1. The quantitative estimate of drug-likeness (QED) is 0.618. The van der Waals surface area contributed by atoms with Crippen molar-refractivity contribution in [3.05, 3.63) is 71.3 Å². The van der Waals surface area contributed by atoms with Crippen LogP contribution >= 0.6 is 0 Å². The zero-order valence-corrected chi connectivity index (χ0v) is 12.2. The molecule has 3 nitrogen and oxygen atoms in total. The van der Waals surface area contributed by atoms with E-state index < -0.39 is 0 Å². The van der Waals surface area contributed by atoms with Gasteiger partial charge in [0.2, 0.25) is 0 Å². The molecule has 0 aromatic heterocycles. The number of carbonyl (C=O) groups is 1. The van der Waals surface area contributed by atoms with Gasteiger partial charge in [-0.1, -0.05) is 42.0 Å². The van der Waals surface area contributed by atoms with E-state index >= 15 is 0 Å². The molecule has 21 heavy (non-hydrogen) atoms. The summed E-state index contributed by atoms with van der Waals surface area (Å²) in [5, 5.41) is 0. The fraction of sp³-hybridized carbons (Fsp3) is 0.167. The summed E-state index contributed by atoms with van der Waals surface area (Å²) in [6, 6.07) is 15.3. The monoisotopic (exact) mass is 282 g/mol. The molecule has 2 aromatic rings. The Labute approximate surface area is 124 Å². The van der Waals surface area contributed by atoms with Crippen molar-refractivity contribution in [1.82, 2.24) is 0 Å². The predicted octanol–water partition coefficient (Wildman–Crippen LogP) is 3.76. The van der Waals surface area contributed by atoms with E-state index in [1.54, 1.807) is 13.2 Å². The summed E-state index contributed by atoms with van der Waals surface area (Å²) in [6.45, 7) is 2.31. The van der Waals surface area contributed by atoms with Crippen molar-refractivity contribution in [2.24, 2.45) is 0 Å². The van der Waals surface area contributed by atoms with Crippen molar-refractivity contribution < 1.29 is 14.3 Å². The van der Waals surface area contributed by atoms with Crippen molar-refractivity contribution in [3.8, 4) is 5.75 Å². The molecule has 0 heterocycles. The van der Waals surface area contributed by atoms with Crippen LogP contribution in [0.5, 0.6) is 5.75 Å². The topological polar surface area (TPSA) is 35.5 Å². The highest BCUT2D eigenvalue weighted by Crippen LogP contribution is 2.12. The van der Waals surface area contributed by atoms with Crippen LogP contribution in [0.2, 0.25) is 0 Å². The van der Waals surface area contributed by atoms with Gasteiger partial charge in [0, 0.05) is 6.08 Å². The number of carbonyl (C=O) groups excluding carboxylic acids is 1. The van der Waals surface area contributed by atoms with Gasteiger partial charge >= 0.3 is 5.97 Å². The fourth-order valence-corrected chi connectivity index (χ4v) is 1.77. The molecule has 0 aliphatic heterocycles.